The van der Waals surface area contributed by atoms with Crippen LogP contribution in [0.5, 0.6) is 0 Å². The Kier molecular flexibility index (Phi) is 3.14. The predicted octanol–water partition coefficient (Wildman–Crippen LogP) is 2.99. The minimum absolute atomic E-state index is 0.589. The molecule has 0 amide bonds. The van der Waals surface area contributed by atoms with Gasteiger partial charge in [-0.2, -0.15) is 10.2 Å². The molecule has 1 fully saturated rings. The second-order valence-electron chi connectivity index (χ2n) is 5.77. The highest BCUT2D eigenvalue weighted by molar-refractivity contribution is 5.62. The van der Waals surface area contributed by atoms with Crippen molar-refractivity contribution in [2.75, 3.05) is 5.32 Å². The van der Waals surface area contributed by atoms with Crippen LogP contribution in [0.25, 0.3) is 11.4 Å². The van der Waals surface area contributed by atoms with E-state index >= 15 is 0 Å². The predicted molar refractivity (Wildman–Crippen MR) is 84.4 cm³/mol. The summed E-state index contributed by atoms with van der Waals surface area (Å²) in [5, 5.41) is 17.8. The molecule has 3 N–H and O–H groups in total. The van der Waals surface area contributed by atoms with Crippen LogP contribution in [-0.2, 0) is 6.54 Å². The number of nitrogens with one attached hydrogen (secondary N) is 3. The quantitative estimate of drug-likeness (QED) is 0.675. The monoisotopic (exact) mass is 294 g/mol. The minimum atomic E-state index is 0.589. The highest BCUT2D eigenvalue weighted by Crippen LogP contribution is 2.38. The van der Waals surface area contributed by atoms with Crippen molar-refractivity contribution in [3.63, 3.8) is 0 Å². The number of aromatic amines is 2. The topological polar surface area (TPSA) is 82.3 Å². The number of nitrogens with zero attached hydrogens (tertiary/aromatic N) is 3. The van der Waals surface area contributed by atoms with Crippen LogP contribution in [0.4, 0.5) is 5.69 Å². The molecule has 4 rings (SSSR count). The first-order valence-corrected chi connectivity index (χ1v) is 7.55. The molecule has 1 aromatic carbocycles. The van der Waals surface area contributed by atoms with E-state index in [9.17, 15) is 0 Å². The number of H-pyrrole nitrogens is 2. The number of hydrogen-bond acceptors (Lipinski definition) is 4. The maximum absolute atomic E-state index is 4.60. The molecule has 22 heavy (non-hydrogen) atoms. The Morgan fingerprint density at radius 3 is 2.95 bits per heavy atom. The van der Waals surface area contributed by atoms with Gasteiger partial charge in [0, 0.05) is 35.0 Å². The van der Waals surface area contributed by atoms with Gasteiger partial charge in [0.25, 0.3) is 0 Å². The Morgan fingerprint density at radius 1 is 1.27 bits per heavy atom. The fraction of sp³-hybridized carbons (Fsp3) is 0.312. The fourth-order valence-corrected chi connectivity index (χ4v) is 2.46. The van der Waals surface area contributed by atoms with Gasteiger partial charge in [-0.1, -0.05) is 12.1 Å². The zero-order valence-electron chi connectivity index (χ0n) is 12.4. The van der Waals surface area contributed by atoms with Crippen LogP contribution >= 0.6 is 0 Å². The average molecular weight is 294 g/mol. The van der Waals surface area contributed by atoms with Crippen molar-refractivity contribution in [1.29, 1.82) is 0 Å². The molecule has 0 unspecified atom stereocenters. The summed E-state index contributed by atoms with van der Waals surface area (Å²) in [6.45, 7) is 2.76. The second kappa shape index (κ2) is 5.29. The van der Waals surface area contributed by atoms with Gasteiger partial charge in [-0.05, 0) is 31.9 Å². The zero-order valence-corrected chi connectivity index (χ0v) is 12.4. The van der Waals surface area contributed by atoms with Gasteiger partial charge in [0.2, 0.25) is 0 Å². The molecule has 0 aliphatic heterocycles. The van der Waals surface area contributed by atoms with Gasteiger partial charge in [0.15, 0.2) is 5.82 Å². The summed E-state index contributed by atoms with van der Waals surface area (Å²) in [5.41, 5.74) is 4.33. The summed E-state index contributed by atoms with van der Waals surface area (Å²) in [7, 11) is 0. The number of rotatable bonds is 5. The molecule has 2 aromatic heterocycles. The summed E-state index contributed by atoms with van der Waals surface area (Å²) in [6.07, 6.45) is 4.30. The van der Waals surface area contributed by atoms with Gasteiger partial charge in [-0.25, -0.2) is 4.98 Å². The third kappa shape index (κ3) is 2.59. The lowest BCUT2D eigenvalue weighted by Gasteiger charge is -2.06. The Morgan fingerprint density at radius 2 is 2.18 bits per heavy atom. The van der Waals surface area contributed by atoms with E-state index in [0.29, 0.717) is 5.92 Å². The van der Waals surface area contributed by atoms with Crippen molar-refractivity contribution >= 4 is 5.69 Å². The van der Waals surface area contributed by atoms with Gasteiger partial charge >= 0.3 is 0 Å². The molecule has 0 atom stereocenters. The summed E-state index contributed by atoms with van der Waals surface area (Å²) < 4.78 is 0. The van der Waals surface area contributed by atoms with Gasteiger partial charge in [-0.15, -0.1) is 0 Å². The normalized spacial score (nSPS) is 14.2. The van der Waals surface area contributed by atoms with Crippen LogP contribution < -0.4 is 5.32 Å². The van der Waals surface area contributed by atoms with Crippen molar-refractivity contribution in [3.8, 4) is 11.4 Å². The third-order valence-corrected chi connectivity index (χ3v) is 4.00. The molecule has 112 valence electrons. The van der Waals surface area contributed by atoms with Gasteiger partial charge in [0.05, 0.1) is 6.20 Å². The molecule has 0 bridgehead atoms. The number of anilines is 1. The van der Waals surface area contributed by atoms with Crippen molar-refractivity contribution in [2.45, 2.75) is 32.2 Å². The second-order valence-corrected chi connectivity index (χ2v) is 5.77. The van der Waals surface area contributed by atoms with E-state index in [-0.39, 0.29) is 0 Å². The highest BCUT2D eigenvalue weighted by Gasteiger charge is 2.27. The lowest BCUT2D eigenvalue weighted by atomic mass is 10.2. The Bertz CT molecular complexity index is 783. The molecule has 0 saturated heterocycles. The molecule has 0 spiro atoms. The summed E-state index contributed by atoms with van der Waals surface area (Å²) >= 11 is 0. The molecule has 0 radical (unpaired) electrons. The van der Waals surface area contributed by atoms with E-state index < -0.39 is 0 Å². The smallest absolute Gasteiger partial charge is 0.181 e. The van der Waals surface area contributed by atoms with Crippen LogP contribution in [-0.4, -0.2) is 25.4 Å². The lowest BCUT2D eigenvalue weighted by molar-refractivity contribution is 0.935. The van der Waals surface area contributed by atoms with Crippen molar-refractivity contribution < 1.29 is 0 Å². The first kappa shape index (κ1) is 13.1. The average Bonchev–Trinajstić information content (AvgIpc) is 3.12. The summed E-state index contributed by atoms with van der Waals surface area (Å²) in [4.78, 5) is 4.60. The number of benzene rings is 1. The standard InChI is InChI=1S/C16H18N6/c1-10-13(9-18-20-10)8-17-14-4-2-3-12(7-14)16-19-15(21-22-16)11-5-6-11/h2-4,7,9,11,17H,5-6,8H2,1H3,(H,18,20)(H,19,21,22). The van der Waals surface area contributed by atoms with Crippen LogP contribution in [0.1, 0.15) is 35.8 Å². The number of aromatic nitrogens is 5. The van der Waals surface area contributed by atoms with Gasteiger partial charge in [-0.3, -0.25) is 10.2 Å². The maximum Gasteiger partial charge on any atom is 0.181 e. The molecule has 6 heteroatoms. The lowest BCUT2D eigenvalue weighted by Crippen LogP contribution is -2.00. The first-order valence-electron chi connectivity index (χ1n) is 7.55. The van der Waals surface area contributed by atoms with Crippen LogP contribution in [0.2, 0.25) is 0 Å². The maximum atomic E-state index is 4.60. The van der Waals surface area contributed by atoms with E-state index in [0.717, 1.165) is 35.1 Å². The molecular formula is C16H18N6. The highest BCUT2D eigenvalue weighted by atomic mass is 15.2. The molecule has 3 aromatic rings. The van der Waals surface area contributed by atoms with Gasteiger partial charge in [0.1, 0.15) is 5.82 Å². The minimum Gasteiger partial charge on any atom is -0.381 e. The Hall–Kier alpha value is -2.63. The molecular weight excluding hydrogens is 276 g/mol. The van der Waals surface area contributed by atoms with Crippen LogP contribution in [0.15, 0.2) is 30.5 Å². The third-order valence-electron chi connectivity index (χ3n) is 4.00. The largest absolute Gasteiger partial charge is 0.381 e. The Balaban J connectivity index is 1.50. The van der Waals surface area contributed by atoms with E-state index in [4.69, 9.17) is 0 Å². The summed E-state index contributed by atoms with van der Waals surface area (Å²) in [5.74, 6) is 2.37. The SMILES string of the molecule is Cc1[nH]ncc1CNc1cccc(-c2n[nH]c(C3CC3)n2)c1. The van der Waals surface area contributed by atoms with Gasteiger partial charge < -0.3 is 5.32 Å². The zero-order chi connectivity index (χ0) is 14.9. The molecule has 1 aliphatic carbocycles. The number of aryl methyl sites for hydroxylation is 1. The fourth-order valence-electron chi connectivity index (χ4n) is 2.46. The molecule has 1 aliphatic rings. The van der Waals surface area contributed by atoms with E-state index in [1.807, 2.05) is 31.3 Å². The molecule has 6 nitrogen and oxygen atoms in total. The van der Waals surface area contributed by atoms with E-state index in [1.54, 1.807) is 0 Å². The van der Waals surface area contributed by atoms with Crippen LogP contribution in [0, 0.1) is 6.92 Å². The molecule has 2 heterocycles. The van der Waals surface area contributed by atoms with E-state index in [1.165, 1.54) is 18.4 Å². The van der Waals surface area contributed by atoms with Crippen molar-refractivity contribution in [1.82, 2.24) is 25.4 Å². The number of hydrogen-bond donors (Lipinski definition) is 3. The van der Waals surface area contributed by atoms with Crippen LogP contribution in [0.3, 0.4) is 0 Å². The van der Waals surface area contributed by atoms with Crippen molar-refractivity contribution in [3.05, 3.63) is 47.5 Å². The van der Waals surface area contributed by atoms with E-state index in [2.05, 4.69) is 36.8 Å². The Labute approximate surface area is 128 Å². The molecule has 1 saturated carbocycles. The first-order chi connectivity index (χ1) is 10.8. The summed E-state index contributed by atoms with van der Waals surface area (Å²) in [6, 6.07) is 8.18. The van der Waals surface area contributed by atoms with Crippen molar-refractivity contribution in [2.24, 2.45) is 0 Å².